The number of benzene rings is 2. The zero-order valence-corrected chi connectivity index (χ0v) is 14.8. The molecular weight excluding hydrogens is 316 g/mol. The van der Waals surface area contributed by atoms with E-state index < -0.39 is 0 Å². The van der Waals surface area contributed by atoms with Crippen molar-refractivity contribution >= 4 is 17.4 Å². The summed E-state index contributed by atoms with van der Waals surface area (Å²) < 4.78 is 2.06. The van der Waals surface area contributed by atoms with Crippen LogP contribution in [0, 0.1) is 0 Å². The summed E-state index contributed by atoms with van der Waals surface area (Å²) in [6.07, 6.45) is 2.12. The first-order chi connectivity index (χ1) is 11.8. The Bertz CT molecular complexity index is 871. The molecule has 1 aliphatic rings. The lowest BCUT2D eigenvalue weighted by Gasteiger charge is -2.26. The molecule has 0 fully saturated rings. The molecule has 2 heterocycles. The Kier molecular flexibility index (Phi) is 4.02. The molecule has 24 heavy (non-hydrogen) atoms. The van der Waals surface area contributed by atoms with Crippen molar-refractivity contribution in [3.63, 3.8) is 0 Å². The van der Waals surface area contributed by atoms with Gasteiger partial charge in [-0.25, -0.2) is 4.68 Å². The van der Waals surface area contributed by atoms with Gasteiger partial charge in [0.25, 0.3) is 0 Å². The molecule has 0 N–H and O–H groups in total. The standard InChI is InChI=1S/C19H20N4S/c1-22-13-14-7-3-4-8-15(14)19-18(16-9-5-6-10-17(16)22)20-21-23(19)11-12-24-2/h3-10H,11-13H2,1-2H3. The van der Waals surface area contributed by atoms with E-state index in [1.807, 2.05) is 11.8 Å². The van der Waals surface area contributed by atoms with Crippen LogP contribution in [0.25, 0.3) is 22.5 Å². The van der Waals surface area contributed by atoms with E-state index in [1.54, 1.807) is 0 Å². The summed E-state index contributed by atoms with van der Waals surface area (Å²) in [5.41, 5.74) is 7.01. The highest BCUT2D eigenvalue weighted by atomic mass is 32.2. The summed E-state index contributed by atoms with van der Waals surface area (Å²) in [5.74, 6) is 1.03. The minimum atomic E-state index is 0.871. The Balaban J connectivity index is 2.00. The van der Waals surface area contributed by atoms with Crippen LogP contribution in [0.15, 0.2) is 48.5 Å². The molecule has 0 atom stereocenters. The number of hydrogen-bond acceptors (Lipinski definition) is 4. The summed E-state index contributed by atoms with van der Waals surface area (Å²) in [6, 6.07) is 17.1. The highest BCUT2D eigenvalue weighted by Crippen LogP contribution is 2.40. The third-order valence-corrected chi connectivity index (χ3v) is 5.08. The van der Waals surface area contributed by atoms with Gasteiger partial charge in [0.15, 0.2) is 0 Å². The molecule has 5 heteroatoms. The van der Waals surface area contributed by atoms with Gasteiger partial charge in [-0.05, 0) is 17.9 Å². The van der Waals surface area contributed by atoms with Crippen LogP contribution in [0.1, 0.15) is 5.56 Å². The van der Waals surface area contributed by atoms with Crippen molar-refractivity contribution in [1.29, 1.82) is 0 Å². The molecule has 122 valence electrons. The number of para-hydroxylation sites is 1. The van der Waals surface area contributed by atoms with Crippen molar-refractivity contribution in [2.45, 2.75) is 13.1 Å². The SMILES string of the molecule is CSCCn1nnc2c1-c1ccccc1CN(C)c1ccccc1-2. The Labute approximate surface area is 146 Å². The predicted octanol–water partition coefficient (Wildman–Crippen LogP) is 3.92. The maximum atomic E-state index is 4.56. The van der Waals surface area contributed by atoms with Crippen molar-refractivity contribution in [1.82, 2.24) is 15.0 Å². The average Bonchev–Trinajstić information content (AvgIpc) is 3.02. The van der Waals surface area contributed by atoms with E-state index in [-0.39, 0.29) is 0 Å². The highest BCUT2D eigenvalue weighted by molar-refractivity contribution is 7.98. The van der Waals surface area contributed by atoms with Crippen LogP contribution in [-0.4, -0.2) is 34.1 Å². The fourth-order valence-electron chi connectivity index (χ4n) is 3.33. The Morgan fingerprint density at radius 3 is 2.62 bits per heavy atom. The molecule has 0 radical (unpaired) electrons. The molecule has 0 bridgehead atoms. The van der Waals surface area contributed by atoms with Gasteiger partial charge in [0.1, 0.15) is 5.69 Å². The van der Waals surface area contributed by atoms with Crippen LogP contribution in [0.2, 0.25) is 0 Å². The highest BCUT2D eigenvalue weighted by Gasteiger charge is 2.24. The van der Waals surface area contributed by atoms with Gasteiger partial charge >= 0.3 is 0 Å². The second-order valence-corrected chi connectivity index (χ2v) is 7.02. The number of anilines is 1. The Morgan fingerprint density at radius 1 is 1.04 bits per heavy atom. The van der Waals surface area contributed by atoms with Crippen LogP contribution in [0.5, 0.6) is 0 Å². The van der Waals surface area contributed by atoms with Crippen molar-refractivity contribution in [2.24, 2.45) is 0 Å². The molecule has 4 rings (SSSR count). The van der Waals surface area contributed by atoms with Crippen LogP contribution in [0.4, 0.5) is 5.69 Å². The normalized spacial score (nSPS) is 12.8. The van der Waals surface area contributed by atoms with Crippen LogP contribution < -0.4 is 4.90 Å². The number of nitrogens with zero attached hydrogens (tertiary/aromatic N) is 4. The second kappa shape index (κ2) is 6.32. The van der Waals surface area contributed by atoms with Gasteiger partial charge in [0.2, 0.25) is 0 Å². The Morgan fingerprint density at radius 2 is 1.79 bits per heavy atom. The quantitative estimate of drug-likeness (QED) is 0.726. The van der Waals surface area contributed by atoms with Crippen molar-refractivity contribution in [2.75, 3.05) is 24.0 Å². The summed E-state index contributed by atoms with van der Waals surface area (Å²) in [6.45, 7) is 1.75. The molecule has 4 nitrogen and oxygen atoms in total. The first-order valence-corrected chi connectivity index (χ1v) is 9.50. The number of fused-ring (bicyclic) bond motifs is 5. The molecule has 0 amide bonds. The van der Waals surface area contributed by atoms with Gasteiger partial charge in [-0.15, -0.1) is 5.10 Å². The number of aryl methyl sites for hydroxylation is 1. The molecule has 0 saturated carbocycles. The van der Waals surface area contributed by atoms with E-state index in [0.29, 0.717) is 0 Å². The van der Waals surface area contributed by atoms with Gasteiger partial charge in [-0.2, -0.15) is 11.8 Å². The van der Waals surface area contributed by atoms with E-state index in [1.165, 1.54) is 16.8 Å². The monoisotopic (exact) mass is 336 g/mol. The van der Waals surface area contributed by atoms with E-state index in [4.69, 9.17) is 0 Å². The van der Waals surface area contributed by atoms with E-state index in [0.717, 1.165) is 35.8 Å². The zero-order valence-electron chi connectivity index (χ0n) is 13.9. The second-order valence-electron chi connectivity index (χ2n) is 6.03. The lowest BCUT2D eigenvalue weighted by Crippen LogP contribution is -2.19. The van der Waals surface area contributed by atoms with Crippen LogP contribution in [0.3, 0.4) is 0 Å². The van der Waals surface area contributed by atoms with Crippen LogP contribution in [-0.2, 0) is 13.1 Å². The molecule has 0 spiro atoms. The van der Waals surface area contributed by atoms with E-state index in [2.05, 4.69) is 81.7 Å². The van der Waals surface area contributed by atoms with Gasteiger partial charge in [-0.3, -0.25) is 0 Å². The average molecular weight is 336 g/mol. The summed E-state index contributed by atoms with van der Waals surface area (Å²) in [7, 11) is 2.14. The molecule has 0 saturated heterocycles. The topological polar surface area (TPSA) is 34.0 Å². The summed E-state index contributed by atoms with van der Waals surface area (Å²) in [4.78, 5) is 2.29. The number of thioether (sulfide) groups is 1. The first-order valence-electron chi connectivity index (χ1n) is 8.11. The molecule has 0 unspecified atom stereocenters. The largest absolute Gasteiger partial charge is 0.370 e. The van der Waals surface area contributed by atoms with Crippen molar-refractivity contribution < 1.29 is 0 Å². The van der Waals surface area contributed by atoms with Gasteiger partial charge in [-0.1, -0.05) is 47.7 Å². The molecule has 1 aliphatic heterocycles. The molecule has 0 aliphatic carbocycles. The van der Waals surface area contributed by atoms with E-state index in [9.17, 15) is 0 Å². The molecule has 3 aromatic rings. The van der Waals surface area contributed by atoms with Crippen molar-refractivity contribution in [3.05, 3.63) is 54.1 Å². The van der Waals surface area contributed by atoms with Crippen molar-refractivity contribution in [3.8, 4) is 22.5 Å². The minimum Gasteiger partial charge on any atom is -0.370 e. The summed E-state index contributed by atoms with van der Waals surface area (Å²) in [5, 5.41) is 9.04. The summed E-state index contributed by atoms with van der Waals surface area (Å²) >= 11 is 1.83. The molecule has 2 aromatic carbocycles. The zero-order chi connectivity index (χ0) is 16.5. The Hall–Kier alpha value is -2.27. The van der Waals surface area contributed by atoms with Gasteiger partial charge in [0.05, 0.1) is 12.2 Å². The fourth-order valence-corrected chi connectivity index (χ4v) is 3.69. The van der Waals surface area contributed by atoms with Gasteiger partial charge < -0.3 is 4.90 Å². The third-order valence-electron chi connectivity index (χ3n) is 4.49. The van der Waals surface area contributed by atoms with Gasteiger partial charge in [0, 0.05) is 36.2 Å². The lowest BCUT2D eigenvalue weighted by atomic mass is 9.96. The first kappa shape index (κ1) is 15.3. The fraction of sp³-hybridized carbons (Fsp3) is 0.263. The lowest BCUT2D eigenvalue weighted by molar-refractivity contribution is 0.638. The van der Waals surface area contributed by atoms with Crippen LogP contribution >= 0.6 is 11.8 Å². The molecular formula is C19H20N4S. The number of rotatable bonds is 3. The maximum absolute atomic E-state index is 4.56. The maximum Gasteiger partial charge on any atom is 0.123 e. The smallest absolute Gasteiger partial charge is 0.123 e. The van der Waals surface area contributed by atoms with E-state index >= 15 is 0 Å². The minimum absolute atomic E-state index is 0.871. The molecule has 1 aromatic heterocycles. The third kappa shape index (κ3) is 2.49. The number of hydrogen-bond donors (Lipinski definition) is 0. The number of aromatic nitrogens is 3. The predicted molar refractivity (Wildman–Crippen MR) is 101 cm³/mol.